The molecule has 1 amide bonds. The molecule has 0 aliphatic carbocycles. The predicted octanol–water partition coefficient (Wildman–Crippen LogP) is 3.86. The van der Waals surface area contributed by atoms with Crippen molar-refractivity contribution in [2.24, 2.45) is 0 Å². The Balaban J connectivity index is 1.44. The van der Waals surface area contributed by atoms with Gasteiger partial charge < -0.3 is 23.8 Å². The molecular weight excluding hydrogens is 382 g/mol. The summed E-state index contributed by atoms with van der Waals surface area (Å²) in [6, 6.07) is 9.31. The summed E-state index contributed by atoms with van der Waals surface area (Å²) >= 11 is 6.32. The van der Waals surface area contributed by atoms with Crippen LogP contribution in [-0.4, -0.2) is 43.8 Å². The van der Waals surface area contributed by atoms with Crippen LogP contribution in [0.5, 0.6) is 23.0 Å². The zero-order chi connectivity index (χ0) is 19.1. The van der Waals surface area contributed by atoms with Crippen molar-refractivity contribution >= 4 is 17.5 Å². The van der Waals surface area contributed by atoms with Crippen LogP contribution in [0.25, 0.3) is 0 Å². The molecule has 3 heterocycles. The second-order valence-electron chi connectivity index (χ2n) is 7.04. The van der Waals surface area contributed by atoms with Crippen LogP contribution in [0.15, 0.2) is 30.3 Å². The number of fused-ring (bicyclic) bond motifs is 2. The minimum absolute atomic E-state index is 0.00435. The summed E-state index contributed by atoms with van der Waals surface area (Å²) in [6.45, 7) is 2.71. The van der Waals surface area contributed by atoms with E-state index >= 15 is 0 Å². The number of hydrogen-bond acceptors (Lipinski definition) is 5. The molecule has 3 aliphatic heterocycles. The van der Waals surface area contributed by atoms with E-state index in [1.807, 2.05) is 23.1 Å². The summed E-state index contributed by atoms with van der Waals surface area (Å²) < 4.78 is 22.5. The molecule has 0 aromatic heterocycles. The molecule has 0 radical (unpaired) electrons. The maximum atomic E-state index is 13.3. The van der Waals surface area contributed by atoms with E-state index in [0.29, 0.717) is 55.1 Å². The Morgan fingerprint density at radius 1 is 0.929 bits per heavy atom. The molecule has 0 N–H and O–H groups in total. The van der Waals surface area contributed by atoms with E-state index < -0.39 is 0 Å². The fourth-order valence-corrected chi connectivity index (χ4v) is 4.29. The van der Waals surface area contributed by atoms with E-state index in [1.54, 1.807) is 12.1 Å². The number of nitrogens with zero attached hydrogens (tertiary/aromatic N) is 1. The van der Waals surface area contributed by atoms with E-state index in [1.165, 1.54) is 0 Å². The Labute approximate surface area is 167 Å². The van der Waals surface area contributed by atoms with Crippen molar-refractivity contribution in [1.82, 2.24) is 4.90 Å². The van der Waals surface area contributed by atoms with Crippen molar-refractivity contribution in [3.05, 3.63) is 46.5 Å². The first-order valence-electron chi connectivity index (χ1n) is 9.50. The zero-order valence-electron chi connectivity index (χ0n) is 15.3. The average Bonchev–Trinajstić information content (AvgIpc) is 3.22. The summed E-state index contributed by atoms with van der Waals surface area (Å²) in [5, 5.41) is 0.399. The Hall–Kier alpha value is -2.60. The molecule has 0 saturated carbocycles. The van der Waals surface area contributed by atoms with Crippen LogP contribution in [-0.2, 0) is 0 Å². The Bertz CT molecular complexity index is 931. The minimum atomic E-state index is -0.0590. The highest BCUT2D eigenvalue weighted by molar-refractivity contribution is 6.32. The summed E-state index contributed by atoms with van der Waals surface area (Å²) in [4.78, 5) is 15.2. The van der Waals surface area contributed by atoms with Gasteiger partial charge in [0.25, 0.3) is 5.91 Å². The molecule has 1 fully saturated rings. The molecule has 1 atom stereocenters. The highest BCUT2D eigenvalue weighted by Gasteiger charge is 2.32. The monoisotopic (exact) mass is 401 g/mol. The summed E-state index contributed by atoms with van der Waals surface area (Å²) in [6.07, 6.45) is 1.85. The number of carbonyl (C=O) groups is 1. The lowest BCUT2D eigenvalue weighted by atomic mass is 10.0. The molecule has 1 unspecified atom stereocenters. The molecule has 1 saturated heterocycles. The van der Waals surface area contributed by atoms with Gasteiger partial charge in [0.15, 0.2) is 23.0 Å². The highest BCUT2D eigenvalue weighted by Crippen LogP contribution is 2.41. The average molecular weight is 402 g/mol. The fraction of sp³-hybridized carbons (Fsp3) is 0.381. The number of hydrogen-bond donors (Lipinski definition) is 0. The van der Waals surface area contributed by atoms with Crippen LogP contribution in [0.3, 0.4) is 0 Å². The van der Waals surface area contributed by atoms with Crippen molar-refractivity contribution in [2.75, 3.05) is 33.0 Å². The van der Waals surface area contributed by atoms with Crippen LogP contribution in [0, 0.1) is 0 Å². The van der Waals surface area contributed by atoms with Gasteiger partial charge in [0.05, 0.1) is 11.1 Å². The zero-order valence-corrected chi connectivity index (χ0v) is 16.0. The number of rotatable bonds is 2. The fourth-order valence-electron chi connectivity index (χ4n) is 4.02. The second-order valence-corrected chi connectivity index (χ2v) is 7.45. The molecule has 146 valence electrons. The molecule has 0 spiro atoms. The first-order valence-corrected chi connectivity index (χ1v) is 9.88. The SMILES string of the molecule is O=C(c1cc(Cl)c2c(c1)OCCO2)N1CCCC1c1ccc2c(c1)OCCO2. The Morgan fingerprint density at radius 3 is 2.54 bits per heavy atom. The van der Waals surface area contributed by atoms with Gasteiger partial charge in [-0.1, -0.05) is 17.7 Å². The third-order valence-electron chi connectivity index (χ3n) is 5.31. The lowest BCUT2D eigenvalue weighted by Crippen LogP contribution is -2.31. The standard InChI is InChI=1S/C21H20ClNO5/c22-15-10-14(12-19-20(15)28-9-8-27-19)21(24)23-5-1-2-16(23)13-3-4-17-18(11-13)26-7-6-25-17/h3-4,10-12,16H,1-2,5-9H2. The molecule has 2 aromatic carbocycles. The number of carbonyl (C=O) groups excluding carboxylic acids is 1. The van der Waals surface area contributed by atoms with Gasteiger partial charge in [0.2, 0.25) is 0 Å². The summed E-state index contributed by atoms with van der Waals surface area (Å²) in [5.74, 6) is 2.47. The number of likely N-dealkylation sites (tertiary alicyclic amines) is 1. The number of ether oxygens (including phenoxy) is 4. The van der Waals surface area contributed by atoms with E-state index in [4.69, 9.17) is 30.5 Å². The smallest absolute Gasteiger partial charge is 0.254 e. The maximum absolute atomic E-state index is 13.3. The second kappa shape index (κ2) is 7.09. The van der Waals surface area contributed by atoms with Crippen LogP contribution < -0.4 is 18.9 Å². The van der Waals surface area contributed by atoms with E-state index in [0.717, 1.165) is 29.9 Å². The molecule has 6 nitrogen and oxygen atoms in total. The van der Waals surface area contributed by atoms with Gasteiger partial charge >= 0.3 is 0 Å². The Kier molecular flexibility index (Phi) is 4.43. The van der Waals surface area contributed by atoms with Gasteiger partial charge in [-0.05, 0) is 42.7 Å². The lowest BCUT2D eigenvalue weighted by molar-refractivity contribution is 0.0734. The van der Waals surface area contributed by atoms with E-state index in [9.17, 15) is 4.79 Å². The molecule has 7 heteroatoms. The first-order chi connectivity index (χ1) is 13.7. The number of halogens is 1. The first kappa shape index (κ1) is 17.5. The summed E-state index contributed by atoms with van der Waals surface area (Å²) in [7, 11) is 0. The largest absolute Gasteiger partial charge is 0.486 e. The Morgan fingerprint density at radius 2 is 1.68 bits per heavy atom. The van der Waals surface area contributed by atoms with Crippen LogP contribution >= 0.6 is 11.6 Å². The van der Waals surface area contributed by atoms with Crippen molar-refractivity contribution in [2.45, 2.75) is 18.9 Å². The quantitative estimate of drug-likeness (QED) is 0.764. The van der Waals surface area contributed by atoms with Crippen LogP contribution in [0.1, 0.15) is 34.8 Å². The van der Waals surface area contributed by atoms with Gasteiger partial charge in [0.1, 0.15) is 26.4 Å². The van der Waals surface area contributed by atoms with E-state index in [2.05, 4.69) is 0 Å². The molecule has 3 aliphatic rings. The lowest BCUT2D eigenvalue weighted by Gasteiger charge is -2.27. The molecule has 5 rings (SSSR count). The molecular formula is C21H20ClNO5. The third kappa shape index (κ3) is 3.02. The normalized spacial score (nSPS) is 20.2. The molecule has 2 aromatic rings. The number of amides is 1. The summed E-state index contributed by atoms with van der Waals surface area (Å²) in [5.41, 5.74) is 1.57. The van der Waals surface area contributed by atoms with Crippen molar-refractivity contribution in [3.8, 4) is 23.0 Å². The van der Waals surface area contributed by atoms with E-state index in [-0.39, 0.29) is 11.9 Å². The molecule has 28 heavy (non-hydrogen) atoms. The minimum Gasteiger partial charge on any atom is -0.486 e. The van der Waals surface area contributed by atoms with Crippen LogP contribution in [0.2, 0.25) is 5.02 Å². The maximum Gasteiger partial charge on any atom is 0.254 e. The topological polar surface area (TPSA) is 57.2 Å². The van der Waals surface area contributed by atoms with Crippen molar-refractivity contribution in [1.29, 1.82) is 0 Å². The van der Waals surface area contributed by atoms with Gasteiger partial charge in [-0.15, -0.1) is 0 Å². The van der Waals surface area contributed by atoms with Gasteiger partial charge in [-0.2, -0.15) is 0 Å². The van der Waals surface area contributed by atoms with Gasteiger partial charge in [0, 0.05) is 12.1 Å². The third-order valence-corrected chi connectivity index (χ3v) is 5.59. The number of benzene rings is 2. The predicted molar refractivity (Wildman–Crippen MR) is 103 cm³/mol. The van der Waals surface area contributed by atoms with Crippen molar-refractivity contribution < 1.29 is 23.7 Å². The van der Waals surface area contributed by atoms with Gasteiger partial charge in [-0.25, -0.2) is 0 Å². The van der Waals surface area contributed by atoms with Crippen molar-refractivity contribution in [3.63, 3.8) is 0 Å². The molecule has 0 bridgehead atoms. The van der Waals surface area contributed by atoms with Crippen LogP contribution in [0.4, 0.5) is 0 Å². The highest BCUT2D eigenvalue weighted by atomic mass is 35.5. The van der Waals surface area contributed by atoms with Gasteiger partial charge in [-0.3, -0.25) is 4.79 Å².